The van der Waals surface area contributed by atoms with Crippen molar-refractivity contribution in [3.05, 3.63) is 0 Å². The van der Waals surface area contributed by atoms with E-state index in [0.29, 0.717) is 11.8 Å². The molecule has 0 aliphatic carbocycles. The van der Waals surface area contributed by atoms with E-state index in [1.807, 2.05) is 0 Å². The van der Waals surface area contributed by atoms with Crippen molar-refractivity contribution in [3.63, 3.8) is 0 Å². The van der Waals surface area contributed by atoms with Crippen molar-refractivity contribution in [2.45, 2.75) is 58.5 Å². The van der Waals surface area contributed by atoms with E-state index in [1.165, 1.54) is 0 Å². The zero-order chi connectivity index (χ0) is 13.5. The van der Waals surface area contributed by atoms with Crippen LogP contribution < -0.4 is 10.6 Å². The van der Waals surface area contributed by atoms with Crippen molar-refractivity contribution >= 4 is 5.91 Å². The molecule has 1 aliphatic rings. The first-order valence-corrected chi connectivity index (χ1v) is 7.21. The van der Waals surface area contributed by atoms with Gasteiger partial charge >= 0.3 is 0 Å². The number of carbonyl (C=O) groups excluding carboxylic acids is 1. The van der Waals surface area contributed by atoms with Crippen LogP contribution in [0.3, 0.4) is 0 Å². The van der Waals surface area contributed by atoms with E-state index in [0.717, 1.165) is 32.2 Å². The highest BCUT2D eigenvalue weighted by molar-refractivity contribution is 5.82. The van der Waals surface area contributed by atoms with E-state index >= 15 is 0 Å². The Morgan fingerprint density at radius 2 is 2.22 bits per heavy atom. The van der Waals surface area contributed by atoms with E-state index in [-0.39, 0.29) is 24.6 Å². The standard InChI is InChI=1S/C14H28N2O2/c1-4-11-5-6-15-13(8-11)14(18)16-12(9-17)7-10(2)3/h10-13,15,17H,4-9H2,1-3H3,(H,16,18). The lowest BCUT2D eigenvalue weighted by Crippen LogP contribution is -2.52. The van der Waals surface area contributed by atoms with Gasteiger partial charge in [0.2, 0.25) is 5.91 Å². The first kappa shape index (κ1) is 15.4. The second-order valence-electron chi connectivity index (χ2n) is 5.82. The second kappa shape index (κ2) is 7.74. The number of nitrogens with one attached hydrogen (secondary N) is 2. The van der Waals surface area contributed by atoms with Crippen LogP contribution in [0.4, 0.5) is 0 Å². The zero-order valence-corrected chi connectivity index (χ0v) is 11.9. The first-order valence-electron chi connectivity index (χ1n) is 7.21. The predicted octanol–water partition coefficient (Wildman–Crippen LogP) is 1.29. The molecule has 0 aromatic heterocycles. The summed E-state index contributed by atoms with van der Waals surface area (Å²) < 4.78 is 0. The fourth-order valence-corrected chi connectivity index (χ4v) is 2.62. The van der Waals surface area contributed by atoms with Gasteiger partial charge in [-0.3, -0.25) is 4.79 Å². The van der Waals surface area contributed by atoms with Crippen LogP contribution in [-0.2, 0) is 4.79 Å². The maximum Gasteiger partial charge on any atom is 0.237 e. The Morgan fingerprint density at radius 1 is 1.50 bits per heavy atom. The monoisotopic (exact) mass is 256 g/mol. The van der Waals surface area contributed by atoms with Crippen LogP contribution in [0.15, 0.2) is 0 Å². The minimum atomic E-state index is -0.110. The number of carbonyl (C=O) groups is 1. The van der Waals surface area contributed by atoms with E-state index in [4.69, 9.17) is 0 Å². The summed E-state index contributed by atoms with van der Waals surface area (Å²) in [6.45, 7) is 7.32. The fourth-order valence-electron chi connectivity index (χ4n) is 2.62. The third-order valence-corrected chi connectivity index (χ3v) is 3.73. The average Bonchev–Trinajstić information content (AvgIpc) is 2.37. The third kappa shape index (κ3) is 4.94. The van der Waals surface area contributed by atoms with Crippen LogP contribution in [0.1, 0.15) is 46.5 Å². The molecule has 1 amide bonds. The van der Waals surface area contributed by atoms with Crippen LogP contribution in [-0.4, -0.2) is 36.2 Å². The molecule has 3 N–H and O–H groups in total. The lowest BCUT2D eigenvalue weighted by Gasteiger charge is -2.30. The highest BCUT2D eigenvalue weighted by Crippen LogP contribution is 2.19. The van der Waals surface area contributed by atoms with Gasteiger partial charge < -0.3 is 15.7 Å². The number of aliphatic hydroxyl groups is 1. The summed E-state index contributed by atoms with van der Waals surface area (Å²) >= 11 is 0. The zero-order valence-electron chi connectivity index (χ0n) is 11.9. The number of hydrogen-bond donors (Lipinski definition) is 3. The summed E-state index contributed by atoms with van der Waals surface area (Å²) in [5, 5.41) is 15.5. The fraction of sp³-hybridized carbons (Fsp3) is 0.929. The van der Waals surface area contributed by atoms with Crippen molar-refractivity contribution in [2.75, 3.05) is 13.2 Å². The van der Waals surface area contributed by atoms with Gasteiger partial charge in [-0.2, -0.15) is 0 Å². The van der Waals surface area contributed by atoms with Crippen LogP contribution >= 0.6 is 0 Å². The molecule has 0 bridgehead atoms. The molecule has 106 valence electrons. The molecule has 1 saturated heterocycles. The molecule has 4 heteroatoms. The van der Waals surface area contributed by atoms with Gasteiger partial charge in [-0.1, -0.05) is 27.2 Å². The van der Waals surface area contributed by atoms with E-state index < -0.39 is 0 Å². The molecule has 1 rings (SSSR count). The average molecular weight is 256 g/mol. The molecule has 4 nitrogen and oxygen atoms in total. The van der Waals surface area contributed by atoms with Gasteiger partial charge in [0.25, 0.3) is 0 Å². The largest absolute Gasteiger partial charge is 0.394 e. The topological polar surface area (TPSA) is 61.4 Å². The molecular weight excluding hydrogens is 228 g/mol. The number of aliphatic hydroxyl groups excluding tert-OH is 1. The summed E-state index contributed by atoms with van der Waals surface area (Å²) in [4.78, 5) is 12.1. The quantitative estimate of drug-likeness (QED) is 0.671. The minimum Gasteiger partial charge on any atom is -0.394 e. The van der Waals surface area contributed by atoms with Gasteiger partial charge in [-0.15, -0.1) is 0 Å². The summed E-state index contributed by atoms with van der Waals surface area (Å²) in [6, 6.07) is -0.189. The molecule has 18 heavy (non-hydrogen) atoms. The molecule has 3 atom stereocenters. The molecule has 0 radical (unpaired) electrons. The van der Waals surface area contributed by atoms with Gasteiger partial charge in [0.05, 0.1) is 18.7 Å². The number of piperidine rings is 1. The molecule has 3 unspecified atom stereocenters. The molecular formula is C14H28N2O2. The predicted molar refractivity (Wildman–Crippen MR) is 73.3 cm³/mol. The molecule has 1 heterocycles. The highest BCUT2D eigenvalue weighted by atomic mass is 16.3. The maximum atomic E-state index is 12.1. The lowest BCUT2D eigenvalue weighted by molar-refractivity contribution is -0.125. The molecule has 0 aromatic rings. The van der Waals surface area contributed by atoms with Gasteiger partial charge in [-0.25, -0.2) is 0 Å². The Kier molecular flexibility index (Phi) is 6.65. The smallest absolute Gasteiger partial charge is 0.237 e. The third-order valence-electron chi connectivity index (χ3n) is 3.73. The SMILES string of the molecule is CCC1CCNC(C(=O)NC(CO)CC(C)C)C1. The number of hydrogen-bond acceptors (Lipinski definition) is 3. The second-order valence-corrected chi connectivity index (χ2v) is 5.82. The number of amides is 1. The van der Waals surface area contributed by atoms with Gasteiger partial charge in [0.1, 0.15) is 0 Å². The Labute approximate surface area is 111 Å². The van der Waals surface area contributed by atoms with Crippen molar-refractivity contribution in [3.8, 4) is 0 Å². The van der Waals surface area contributed by atoms with Crippen LogP contribution in [0.5, 0.6) is 0 Å². The van der Waals surface area contributed by atoms with Crippen LogP contribution in [0, 0.1) is 11.8 Å². The Balaban J connectivity index is 2.42. The number of rotatable bonds is 6. The first-order chi connectivity index (χ1) is 8.56. The Morgan fingerprint density at radius 3 is 2.78 bits per heavy atom. The van der Waals surface area contributed by atoms with Gasteiger partial charge in [0, 0.05) is 0 Å². The Bertz CT molecular complexity index is 256. The summed E-state index contributed by atoms with van der Waals surface area (Å²) in [7, 11) is 0. The summed E-state index contributed by atoms with van der Waals surface area (Å²) in [5.74, 6) is 1.18. The van der Waals surface area contributed by atoms with Crippen molar-refractivity contribution in [2.24, 2.45) is 11.8 Å². The lowest BCUT2D eigenvalue weighted by atomic mass is 9.90. The maximum absolute atomic E-state index is 12.1. The van der Waals surface area contributed by atoms with Crippen molar-refractivity contribution in [1.29, 1.82) is 0 Å². The van der Waals surface area contributed by atoms with Gasteiger partial charge in [0.15, 0.2) is 0 Å². The van der Waals surface area contributed by atoms with Crippen LogP contribution in [0.25, 0.3) is 0 Å². The highest BCUT2D eigenvalue weighted by Gasteiger charge is 2.27. The van der Waals surface area contributed by atoms with Gasteiger partial charge in [-0.05, 0) is 37.6 Å². The summed E-state index contributed by atoms with van der Waals surface area (Å²) in [6.07, 6.45) is 4.05. The van der Waals surface area contributed by atoms with E-state index in [1.54, 1.807) is 0 Å². The summed E-state index contributed by atoms with van der Waals surface area (Å²) in [5.41, 5.74) is 0. The van der Waals surface area contributed by atoms with Crippen LogP contribution in [0.2, 0.25) is 0 Å². The van der Waals surface area contributed by atoms with Crippen molar-refractivity contribution in [1.82, 2.24) is 10.6 Å². The normalized spacial score (nSPS) is 26.1. The van der Waals surface area contributed by atoms with E-state index in [2.05, 4.69) is 31.4 Å². The Hall–Kier alpha value is -0.610. The van der Waals surface area contributed by atoms with Crippen molar-refractivity contribution < 1.29 is 9.90 Å². The molecule has 0 spiro atoms. The molecule has 0 aromatic carbocycles. The molecule has 0 saturated carbocycles. The molecule has 1 aliphatic heterocycles. The van der Waals surface area contributed by atoms with E-state index in [9.17, 15) is 9.90 Å². The molecule has 1 fully saturated rings. The minimum absolute atomic E-state index is 0.0217.